The normalized spacial score (nSPS) is 16.6. The number of nitriles is 1. The Morgan fingerprint density at radius 1 is 1.30 bits per heavy atom. The number of nitrogens with one attached hydrogen (secondary N) is 2. The Morgan fingerprint density at radius 2 is 2.12 bits per heavy atom. The second-order valence-electron chi connectivity index (χ2n) is 9.95. The number of methoxy groups -OCH3 is 1. The van der Waals surface area contributed by atoms with E-state index < -0.39 is 6.03 Å². The first-order valence-electron chi connectivity index (χ1n) is 13.6. The summed E-state index contributed by atoms with van der Waals surface area (Å²) in [6, 6.07) is 4.99. The van der Waals surface area contributed by atoms with E-state index in [0.717, 1.165) is 37.9 Å². The SMILES string of the molecule is CCN1CCCC1C(=O)N(C)Cc1cc2c(nc1C=O)N(C(=O)Nc1cc(NCCOC)c(C#N)cn1)CCC2. The topological polar surface area (TPSA) is 144 Å². The van der Waals surface area contributed by atoms with E-state index in [4.69, 9.17) is 4.74 Å². The van der Waals surface area contributed by atoms with Gasteiger partial charge in [-0.25, -0.2) is 14.8 Å². The number of carbonyl (C=O) groups is 3. The van der Waals surface area contributed by atoms with Crippen molar-refractivity contribution in [3.8, 4) is 6.07 Å². The van der Waals surface area contributed by atoms with Crippen LogP contribution in [0.3, 0.4) is 0 Å². The molecule has 0 bridgehead atoms. The molecule has 2 aliphatic heterocycles. The number of aldehydes is 1. The minimum Gasteiger partial charge on any atom is -0.383 e. The van der Waals surface area contributed by atoms with Crippen molar-refractivity contribution < 1.29 is 19.1 Å². The summed E-state index contributed by atoms with van der Waals surface area (Å²) in [6.07, 6.45) is 5.32. The number of carbonyl (C=O) groups excluding carboxylic acids is 3. The van der Waals surface area contributed by atoms with Crippen LogP contribution in [-0.2, 0) is 22.5 Å². The van der Waals surface area contributed by atoms with E-state index in [2.05, 4.69) is 38.5 Å². The van der Waals surface area contributed by atoms with Crippen molar-refractivity contribution in [1.29, 1.82) is 5.26 Å². The third-order valence-corrected chi connectivity index (χ3v) is 7.35. The predicted octanol–water partition coefficient (Wildman–Crippen LogP) is 2.65. The van der Waals surface area contributed by atoms with Crippen molar-refractivity contribution in [3.63, 3.8) is 0 Å². The number of pyridine rings is 2. The Kier molecular flexibility index (Phi) is 9.63. The number of likely N-dealkylation sites (N-methyl/N-ethyl adjacent to an activating group) is 2. The summed E-state index contributed by atoms with van der Waals surface area (Å²) in [6.45, 7) is 5.43. The van der Waals surface area contributed by atoms with Gasteiger partial charge in [0, 0.05) is 51.6 Å². The van der Waals surface area contributed by atoms with E-state index in [1.165, 1.54) is 11.1 Å². The van der Waals surface area contributed by atoms with Gasteiger partial charge in [-0.3, -0.25) is 24.7 Å². The maximum absolute atomic E-state index is 13.3. The lowest BCUT2D eigenvalue weighted by molar-refractivity contribution is -0.135. The lowest BCUT2D eigenvalue weighted by Crippen LogP contribution is -2.44. The molecule has 4 heterocycles. The molecule has 0 saturated carbocycles. The average Bonchev–Trinajstić information content (AvgIpc) is 3.45. The Hall–Kier alpha value is -4.08. The molecule has 1 atom stereocenters. The molecule has 2 aromatic heterocycles. The van der Waals surface area contributed by atoms with Crippen molar-refractivity contribution in [2.24, 2.45) is 0 Å². The number of hydrogen-bond donors (Lipinski definition) is 2. The van der Waals surface area contributed by atoms with Gasteiger partial charge < -0.3 is 15.0 Å². The van der Waals surface area contributed by atoms with Gasteiger partial charge in [0.05, 0.1) is 23.9 Å². The maximum atomic E-state index is 13.3. The molecule has 1 fully saturated rings. The predicted molar refractivity (Wildman–Crippen MR) is 150 cm³/mol. The van der Waals surface area contributed by atoms with E-state index in [-0.39, 0.29) is 30.0 Å². The zero-order chi connectivity index (χ0) is 28.6. The molecule has 0 spiro atoms. The fourth-order valence-corrected chi connectivity index (χ4v) is 5.28. The van der Waals surface area contributed by atoms with Gasteiger partial charge in [0.25, 0.3) is 0 Å². The molecule has 2 aromatic rings. The molecule has 0 aliphatic carbocycles. The molecule has 4 rings (SSSR count). The van der Waals surface area contributed by atoms with Gasteiger partial charge in [0.1, 0.15) is 23.4 Å². The van der Waals surface area contributed by atoms with Crippen molar-refractivity contribution in [2.45, 2.75) is 45.2 Å². The first-order valence-corrected chi connectivity index (χ1v) is 13.6. The summed E-state index contributed by atoms with van der Waals surface area (Å²) in [5.74, 6) is 0.737. The number of amides is 3. The standard InChI is InChI=1S/C28H36N8O4/c1-4-35-10-6-8-24(35)27(38)34(2)17-20-13-19-7-5-11-36(26(19)32-23(20)18-37)28(39)33-25-14-22(30-9-12-40-3)21(15-29)16-31-25/h13-14,16,18,24H,4-12,17H2,1-3H3,(H2,30,31,33,39). The number of hydrogen-bond acceptors (Lipinski definition) is 9. The maximum Gasteiger partial charge on any atom is 0.328 e. The van der Waals surface area contributed by atoms with Gasteiger partial charge in [-0.05, 0) is 50.4 Å². The lowest BCUT2D eigenvalue weighted by Gasteiger charge is -2.30. The molecule has 2 N–H and O–H groups in total. The fraction of sp³-hybridized carbons (Fsp3) is 0.500. The van der Waals surface area contributed by atoms with Crippen LogP contribution in [0.25, 0.3) is 0 Å². The highest BCUT2D eigenvalue weighted by Gasteiger charge is 2.32. The summed E-state index contributed by atoms with van der Waals surface area (Å²) in [5.41, 5.74) is 2.59. The van der Waals surface area contributed by atoms with Crippen LogP contribution in [0.1, 0.15) is 53.4 Å². The molecule has 12 nitrogen and oxygen atoms in total. The monoisotopic (exact) mass is 548 g/mol. The summed E-state index contributed by atoms with van der Waals surface area (Å²) in [5, 5.41) is 15.3. The third kappa shape index (κ3) is 6.38. The average molecular weight is 549 g/mol. The van der Waals surface area contributed by atoms with Crippen LogP contribution in [0.2, 0.25) is 0 Å². The smallest absolute Gasteiger partial charge is 0.328 e. The zero-order valence-corrected chi connectivity index (χ0v) is 23.3. The first kappa shape index (κ1) is 28.9. The van der Waals surface area contributed by atoms with Gasteiger partial charge in [-0.1, -0.05) is 6.92 Å². The quantitative estimate of drug-likeness (QED) is 0.338. The number of urea groups is 1. The van der Waals surface area contributed by atoms with Gasteiger partial charge in [0.2, 0.25) is 5.91 Å². The summed E-state index contributed by atoms with van der Waals surface area (Å²) >= 11 is 0. The summed E-state index contributed by atoms with van der Waals surface area (Å²) < 4.78 is 5.05. The Morgan fingerprint density at radius 3 is 2.85 bits per heavy atom. The van der Waals surface area contributed by atoms with Crippen LogP contribution < -0.4 is 15.5 Å². The highest BCUT2D eigenvalue weighted by atomic mass is 16.5. The van der Waals surface area contributed by atoms with Crippen molar-refractivity contribution in [3.05, 3.63) is 40.7 Å². The first-order chi connectivity index (χ1) is 19.4. The summed E-state index contributed by atoms with van der Waals surface area (Å²) in [4.78, 5) is 52.6. The number of aryl methyl sites for hydroxylation is 1. The van der Waals surface area contributed by atoms with Crippen LogP contribution in [0.15, 0.2) is 18.3 Å². The van der Waals surface area contributed by atoms with Gasteiger partial charge in [-0.2, -0.15) is 5.26 Å². The van der Waals surface area contributed by atoms with Crippen LogP contribution >= 0.6 is 0 Å². The highest BCUT2D eigenvalue weighted by molar-refractivity contribution is 6.02. The highest BCUT2D eigenvalue weighted by Crippen LogP contribution is 2.29. The van der Waals surface area contributed by atoms with Gasteiger partial charge in [0.15, 0.2) is 6.29 Å². The Bertz CT molecular complexity index is 1290. The fourth-order valence-electron chi connectivity index (χ4n) is 5.28. The van der Waals surface area contributed by atoms with Crippen LogP contribution in [0, 0.1) is 11.3 Å². The van der Waals surface area contributed by atoms with Gasteiger partial charge in [-0.15, -0.1) is 0 Å². The third-order valence-electron chi connectivity index (χ3n) is 7.35. The Labute approximate surface area is 234 Å². The lowest BCUT2D eigenvalue weighted by atomic mass is 10.0. The van der Waals surface area contributed by atoms with E-state index >= 15 is 0 Å². The molecule has 1 unspecified atom stereocenters. The second kappa shape index (κ2) is 13.3. The molecule has 212 valence electrons. The van der Waals surface area contributed by atoms with Crippen molar-refractivity contribution in [1.82, 2.24) is 19.8 Å². The van der Waals surface area contributed by atoms with E-state index in [1.807, 2.05) is 6.07 Å². The van der Waals surface area contributed by atoms with E-state index in [0.29, 0.717) is 55.0 Å². The number of likely N-dealkylation sites (tertiary alicyclic amines) is 1. The second-order valence-corrected chi connectivity index (χ2v) is 9.95. The zero-order valence-electron chi connectivity index (χ0n) is 23.3. The largest absolute Gasteiger partial charge is 0.383 e. The molecule has 1 saturated heterocycles. The number of nitrogens with zero attached hydrogens (tertiary/aromatic N) is 6. The molecular weight excluding hydrogens is 512 g/mol. The number of ether oxygens (including phenoxy) is 1. The molecule has 3 amide bonds. The van der Waals surface area contributed by atoms with Crippen molar-refractivity contribution in [2.75, 3.05) is 62.5 Å². The van der Waals surface area contributed by atoms with Crippen molar-refractivity contribution >= 4 is 35.5 Å². The van der Waals surface area contributed by atoms with Gasteiger partial charge >= 0.3 is 6.03 Å². The molecule has 0 radical (unpaired) electrons. The molecule has 40 heavy (non-hydrogen) atoms. The molecule has 12 heteroatoms. The van der Waals surface area contributed by atoms with Crippen LogP contribution in [-0.4, -0.2) is 91.0 Å². The van der Waals surface area contributed by atoms with E-state index in [1.54, 1.807) is 25.1 Å². The number of anilines is 3. The van der Waals surface area contributed by atoms with Crippen LogP contribution in [0.4, 0.5) is 22.1 Å². The number of rotatable bonds is 10. The Balaban J connectivity index is 1.51. The molecule has 0 aromatic carbocycles. The minimum atomic E-state index is -0.439. The number of aromatic nitrogens is 2. The summed E-state index contributed by atoms with van der Waals surface area (Å²) in [7, 11) is 3.34. The number of fused-ring (bicyclic) bond motifs is 1. The van der Waals surface area contributed by atoms with Crippen LogP contribution in [0.5, 0.6) is 0 Å². The minimum absolute atomic E-state index is 0.0425. The molecule has 2 aliphatic rings. The van der Waals surface area contributed by atoms with E-state index in [9.17, 15) is 19.6 Å². The molecular formula is C28H36N8O4.